The van der Waals surface area contributed by atoms with Crippen molar-refractivity contribution in [3.63, 3.8) is 0 Å². The molecule has 0 unspecified atom stereocenters. The number of carbonyl (C=O) groups is 1. The first-order valence-corrected chi connectivity index (χ1v) is 13.3. The van der Waals surface area contributed by atoms with E-state index >= 15 is 0 Å². The van der Waals surface area contributed by atoms with Crippen LogP contribution in [0.15, 0.2) is 53.4 Å². The molecule has 0 saturated carbocycles. The van der Waals surface area contributed by atoms with Gasteiger partial charge in [-0.15, -0.1) is 0 Å². The Morgan fingerprint density at radius 2 is 1.67 bits per heavy atom. The van der Waals surface area contributed by atoms with E-state index < -0.39 is 10.0 Å². The van der Waals surface area contributed by atoms with Crippen molar-refractivity contribution in [2.24, 2.45) is 5.92 Å². The van der Waals surface area contributed by atoms with Crippen molar-refractivity contribution in [1.82, 2.24) is 9.62 Å². The molecule has 1 N–H and O–H groups in total. The van der Waals surface area contributed by atoms with Crippen molar-refractivity contribution in [2.45, 2.75) is 42.9 Å². The molecule has 4 rings (SSSR count). The van der Waals surface area contributed by atoms with Gasteiger partial charge in [-0.3, -0.25) is 4.79 Å². The monoisotopic (exact) mass is 490 g/mol. The Labute approximate surface area is 201 Å². The van der Waals surface area contributed by atoms with Crippen molar-refractivity contribution in [1.29, 1.82) is 0 Å². The summed E-state index contributed by atoms with van der Waals surface area (Å²) in [5.41, 5.74) is 1.36. The second-order valence-electron chi connectivity index (χ2n) is 9.19. The van der Waals surface area contributed by atoms with Crippen LogP contribution in [0, 0.1) is 5.92 Å². The third kappa shape index (κ3) is 5.43. The molecule has 6 nitrogen and oxygen atoms in total. The van der Waals surface area contributed by atoms with Crippen LogP contribution in [0.1, 0.15) is 48.5 Å². The van der Waals surface area contributed by atoms with Crippen LogP contribution in [0.3, 0.4) is 0 Å². The molecular weight excluding hydrogens is 460 g/mol. The standard InChI is InChI=1S/C25H31ClN2O4S/c1-19-10-14-28(15-11-19)33(30,31)23-8-2-20(3-9-23)24(29)27-18-25(12-16-32-17-13-25)21-4-6-22(26)7-5-21/h2-9,19H,10-18H2,1H3,(H,27,29). The highest BCUT2D eigenvalue weighted by Crippen LogP contribution is 2.35. The van der Waals surface area contributed by atoms with Crippen molar-refractivity contribution in [2.75, 3.05) is 32.8 Å². The number of benzene rings is 2. The zero-order valence-corrected chi connectivity index (χ0v) is 20.5. The number of ether oxygens (including phenoxy) is 1. The average Bonchev–Trinajstić information content (AvgIpc) is 2.84. The lowest BCUT2D eigenvalue weighted by atomic mass is 9.74. The van der Waals surface area contributed by atoms with Gasteiger partial charge >= 0.3 is 0 Å². The molecule has 2 aliphatic rings. The SMILES string of the molecule is CC1CCN(S(=O)(=O)c2ccc(C(=O)NCC3(c4ccc(Cl)cc4)CCOCC3)cc2)CC1. The van der Waals surface area contributed by atoms with E-state index in [4.69, 9.17) is 16.3 Å². The predicted octanol–water partition coefficient (Wildman–Crippen LogP) is 4.24. The van der Waals surface area contributed by atoms with E-state index in [9.17, 15) is 13.2 Å². The Balaban J connectivity index is 1.44. The van der Waals surface area contributed by atoms with E-state index in [1.54, 1.807) is 16.4 Å². The third-order valence-corrected chi connectivity index (χ3v) is 9.16. The van der Waals surface area contributed by atoms with Crippen LogP contribution in [-0.4, -0.2) is 51.5 Å². The number of carbonyl (C=O) groups excluding carboxylic acids is 1. The van der Waals surface area contributed by atoms with Gasteiger partial charge in [0.1, 0.15) is 0 Å². The minimum atomic E-state index is -3.53. The number of halogens is 1. The largest absolute Gasteiger partial charge is 0.381 e. The van der Waals surface area contributed by atoms with Gasteiger partial charge in [0.2, 0.25) is 10.0 Å². The number of nitrogens with one attached hydrogen (secondary N) is 1. The maximum atomic E-state index is 12.9. The molecule has 2 saturated heterocycles. The molecule has 0 aliphatic carbocycles. The van der Waals surface area contributed by atoms with Crippen LogP contribution in [0.25, 0.3) is 0 Å². The van der Waals surface area contributed by atoms with E-state index in [-0.39, 0.29) is 16.2 Å². The molecule has 0 radical (unpaired) electrons. The first-order chi connectivity index (χ1) is 15.8. The third-order valence-electron chi connectivity index (χ3n) is 6.99. The van der Waals surface area contributed by atoms with Gasteiger partial charge in [-0.2, -0.15) is 4.31 Å². The molecule has 2 aliphatic heterocycles. The van der Waals surface area contributed by atoms with Gasteiger partial charge in [0, 0.05) is 48.8 Å². The van der Waals surface area contributed by atoms with Crippen molar-refractivity contribution in [3.05, 3.63) is 64.7 Å². The number of amides is 1. The zero-order chi connectivity index (χ0) is 23.5. The fourth-order valence-electron chi connectivity index (χ4n) is 4.64. The first-order valence-electron chi connectivity index (χ1n) is 11.5. The number of nitrogens with zero attached hydrogens (tertiary/aromatic N) is 1. The summed E-state index contributed by atoms with van der Waals surface area (Å²) in [6, 6.07) is 14.0. The van der Waals surface area contributed by atoms with Gasteiger partial charge in [0.25, 0.3) is 5.91 Å². The first kappa shape index (κ1) is 24.2. The van der Waals surface area contributed by atoms with E-state index in [1.807, 2.05) is 24.3 Å². The molecular formula is C25H31ClN2O4S. The van der Waals surface area contributed by atoms with Gasteiger partial charge in [0.05, 0.1) is 4.90 Å². The molecule has 1 amide bonds. The molecule has 0 bridgehead atoms. The van der Waals surface area contributed by atoms with Crippen LogP contribution in [0.2, 0.25) is 5.02 Å². The Morgan fingerprint density at radius 3 is 2.27 bits per heavy atom. The highest BCUT2D eigenvalue weighted by Gasteiger charge is 2.35. The highest BCUT2D eigenvalue weighted by atomic mass is 35.5. The van der Waals surface area contributed by atoms with Crippen molar-refractivity contribution < 1.29 is 17.9 Å². The molecule has 8 heteroatoms. The normalized spacial score (nSPS) is 19.8. The van der Waals surface area contributed by atoms with Gasteiger partial charge < -0.3 is 10.1 Å². The molecule has 2 fully saturated rings. The number of hydrogen-bond donors (Lipinski definition) is 1. The molecule has 0 atom stereocenters. The van der Waals surface area contributed by atoms with Gasteiger partial charge in [-0.05, 0) is 73.6 Å². The fourth-order valence-corrected chi connectivity index (χ4v) is 6.23. The predicted molar refractivity (Wildman–Crippen MR) is 129 cm³/mol. The molecule has 2 aromatic rings. The summed E-state index contributed by atoms with van der Waals surface area (Å²) < 4.78 is 33.0. The van der Waals surface area contributed by atoms with Crippen LogP contribution < -0.4 is 5.32 Å². The summed E-state index contributed by atoms with van der Waals surface area (Å²) in [5.74, 6) is 0.333. The van der Waals surface area contributed by atoms with E-state index in [0.717, 1.165) is 31.2 Å². The number of sulfonamides is 1. The second kappa shape index (κ2) is 10.1. The summed E-state index contributed by atoms with van der Waals surface area (Å²) in [6.07, 6.45) is 3.36. The maximum Gasteiger partial charge on any atom is 0.251 e. The zero-order valence-electron chi connectivity index (χ0n) is 18.9. The van der Waals surface area contributed by atoms with E-state index in [1.165, 1.54) is 12.1 Å². The minimum absolute atomic E-state index is 0.215. The lowest BCUT2D eigenvalue weighted by molar-refractivity contribution is 0.0487. The number of piperidine rings is 1. The van der Waals surface area contributed by atoms with Crippen LogP contribution in [0.5, 0.6) is 0 Å². The molecule has 0 spiro atoms. The Bertz CT molecular complexity index is 1060. The summed E-state index contributed by atoms with van der Waals surface area (Å²) in [4.78, 5) is 13.1. The van der Waals surface area contributed by atoms with Crippen LogP contribution in [0.4, 0.5) is 0 Å². The van der Waals surface area contributed by atoms with Gasteiger partial charge in [-0.1, -0.05) is 30.7 Å². The van der Waals surface area contributed by atoms with Crippen molar-refractivity contribution >= 4 is 27.5 Å². The summed E-state index contributed by atoms with van der Waals surface area (Å²) in [7, 11) is -3.53. The molecule has 2 heterocycles. The molecule has 178 valence electrons. The maximum absolute atomic E-state index is 12.9. The Morgan fingerprint density at radius 1 is 1.06 bits per heavy atom. The van der Waals surface area contributed by atoms with Gasteiger partial charge in [0.15, 0.2) is 0 Å². The Kier molecular flexibility index (Phi) is 7.43. The van der Waals surface area contributed by atoms with Crippen LogP contribution >= 0.6 is 11.6 Å². The highest BCUT2D eigenvalue weighted by molar-refractivity contribution is 7.89. The summed E-state index contributed by atoms with van der Waals surface area (Å²) in [5, 5.41) is 3.74. The minimum Gasteiger partial charge on any atom is -0.381 e. The molecule has 0 aromatic heterocycles. The quantitative estimate of drug-likeness (QED) is 0.657. The van der Waals surface area contributed by atoms with Crippen molar-refractivity contribution in [3.8, 4) is 0 Å². The van der Waals surface area contributed by atoms with Crippen LogP contribution in [-0.2, 0) is 20.2 Å². The number of hydrogen-bond acceptors (Lipinski definition) is 4. The fraction of sp³-hybridized carbons (Fsp3) is 0.480. The second-order valence-corrected chi connectivity index (χ2v) is 11.6. The Hall–Kier alpha value is -1.93. The number of rotatable bonds is 6. The molecule has 2 aromatic carbocycles. The average molecular weight is 491 g/mol. The van der Waals surface area contributed by atoms with Gasteiger partial charge in [-0.25, -0.2) is 8.42 Å². The molecule has 33 heavy (non-hydrogen) atoms. The lowest BCUT2D eigenvalue weighted by Gasteiger charge is -2.38. The smallest absolute Gasteiger partial charge is 0.251 e. The summed E-state index contributed by atoms with van der Waals surface area (Å²) in [6.45, 7) is 4.99. The topological polar surface area (TPSA) is 75.7 Å². The van der Waals surface area contributed by atoms with E-state index in [2.05, 4.69) is 12.2 Å². The van der Waals surface area contributed by atoms with E-state index in [0.29, 0.717) is 49.4 Å². The summed E-state index contributed by atoms with van der Waals surface area (Å²) >= 11 is 6.06. The lowest BCUT2D eigenvalue weighted by Crippen LogP contribution is -2.44.